The third-order valence-electron chi connectivity index (χ3n) is 2.87. The van der Waals surface area contributed by atoms with Crippen molar-refractivity contribution in [3.63, 3.8) is 0 Å². The van der Waals surface area contributed by atoms with E-state index < -0.39 is 29.9 Å². The Morgan fingerprint density at radius 1 is 1.68 bits per heavy atom. The first kappa shape index (κ1) is 13.9. The minimum Gasteiger partial charge on any atom is -0.394 e. The summed E-state index contributed by atoms with van der Waals surface area (Å²) in [5.74, 6) is -0.989. The average Bonchev–Trinajstić information content (AvgIpc) is 2.75. The Bertz CT molecular complexity index is 509. The van der Waals surface area contributed by atoms with Crippen molar-refractivity contribution in [2.75, 3.05) is 18.6 Å². The number of nitrogens with one attached hydrogen (secondary N) is 1. The lowest BCUT2D eigenvalue weighted by atomic mass is 10.2. The van der Waals surface area contributed by atoms with Crippen molar-refractivity contribution in [2.24, 2.45) is 5.73 Å². The number of halogens is 1. The molecule has 0 bridgehead atoms. The van der Waals surface area contributed by atoms with Crippen LogP contribution >= 0.6 is 0 Å². The van der Waals surface area contributed by atoms with E-state index in [1.165, 1.54) is 0 Å². The van der Waals surface area contributed by atoms with E-state index in [4.69, 9.17) is 15.6 Å². The van der Waals surface area contributed by atoms with Gasteiger partial charge in [0.15, 0.2) is 11.6 Å². The Kier molecular flexibility index (Phi) is 4.10. The largest absolute Gasteiger partial charge is 0.394 e. The van der Waals surface area contributed by atoms with Crippen molar-refractivity contribution in [1.82, 2.24) is 9.55 Å². The molecule has 1 aliphatic rings. The molecule has 0 aromatic carbocycles. The molecule has 1 saturated heterocycles. The lowest BCUT2D eigenvalue weighted by molar-refractivity contribution is -0.0461. The zero-order valence-corrected chi connectivity index (χ0v) is 9.99. The third kappa shape index (κ3) is 2.73. The smallest absolute Gasteiger partial charge is 0.351 e. The number of hydrogen-bond donors (Lipinski definition) is 4. The minimum absolute atomic E-state index is 0.0569. The zero-order chi connectivity index (χ0) is 14.0. The van der Waals surface area contributed by atoms with Crippen molar-refractivity contribution in [3.8, 4) is 0 Å². The zero-order valence-electron chi connectivity index (χ0n) is 9.99. The number of ether oxygens (including phenoxy) is 1. The number of aromatic nitrogens is 2. The number of nitrogens with two attached hydrogens (primary N) is 1. The number of aliphatic hydroxyl groups excluding tert-OH is 2. The van der Waals surface area contributed by atoms with Gasteiger partial charge in [-0.15, -0.1) is 0 Å². The monoisotopic (exact) mass is 274 g/mol. The Labute approximate surface area is 107 Å². The molecular weight excluding hydrogens is 259 g/mol. The average molecular weight is 274 g/mol. The van der Waals surface area contributed by atoms with E-state index in [2.05, 4.69) is 10.3 Å². The van der Waals surface area contributed by atoms with E-state index in [1.807, 2.05) is 0 Å². The SMILES string of the molecule is NCNc1nc(=O)n([C@H]2CC(O)[C@@H](CO)O2)cc1F. The van der Waals surface area contributed by atoms with Crippen LogP contribution in [-0.4, -0.2) is 45.2 Å². The number of nitrogens with zero attached hydrogens (tertiary/aromatic N) is 2. The summed E-state index contributed by atoms with van der Waals surface area (Å²) >= 11 is 0. The van der Waals surface area contributed by atoms with Crippen LogP contribution in [0.5, 0.6) is 0 Å². The van der Waals surface area contributed by atoms with Gasteiger partial charge in [-0.25, -0.2) is 9.18 Å². The van der Waals surface area contributed by atoms with Crippen LogP contribution in [0.25, 0.3) is 0 Å². The highest BCUT2D eigenvalue weighted by Crippen LogP contribution is 2.27. The lowest BCUT2D eigenvalue weighted by Crippen LogP contribution is -2.29. The summed E-state index contributed by atoms with van der Waals surface area (Å²) in [5.41, 5.74) is 4.45. The molecule has 1 fully saturated rings. The van der Waals surface area contributed by atoms with Crippen LogP contribution in [0.1, 0.15) is 12.6 Å². The molecule has 106 valence electrons. The summed E-state index contributed by atoms with van der Waals surface area (Å²) in [6.45, 7) is -0.437. The Balaban J connectivity index is 2.27. The fourth-order valence-electron chi connectivity index (χ4n) is 1.92. The highest BCUT2D eigenvalue weighted by Gasteiger charge is 2.35. The van der Waals surface area contributed by atoms with Gasteiger partial charge in [-0.3, -0.25) is 4.57 Å². The van der Waals surface area contributed by atoms with Crippen molar-refractivity contribution in [3.05, 3.63) is 22.5 Å². The van der Waals surface area contributed by atoms with Crippen molar-refractivity contribution in [2.45, 2.75) is 24.9 Å². The van der Waals surface area contributed by atoms with Gasteiger partial charge in [0, 0.05) is 6.42 Å². The molecule has 3 atom stereocenters. The van der Waals surface area contributed by atoms with Gasteiger partial charge in [-0.05, 0) is 0 Å². The molecule has 0 spiro atoms. The van der Waals surface area contributed by atoms with Crippen molar-refractivity contribution in [1.29, 1.82) is 0 Å². The van der Waals surface area contributed by atoms with Crippen molar-refractivity contribution >= 4 is 5.82 Å². The fourth-order valence-corrected chi connectivity index (χ4v) is 1.92. The molecule has 1 unspecified atom stereocenters. The molecule has 0 amide bonds. The van der Waals surface area contributed by atoms with Gasteiger partial charge < -0.3 is 26.0 Å². The molecule has 8 nitrogen and oxygen atoms in total. The normalized spacial score (nSPS) is 26.6. The predicted molar refractivity (Wildman–Crippen MR) is 62.8 cm³/mol. The van der Waals surface area contributed by atoms with Crippen LogP contribution in [0.3, 0.4) is 0 Å². The van der Waals surface area contributed by atoms with Crippen molar-refractivity contribution < 1.29 is 19.3 Å². The number of hydrogen-bond acceptors (Lipinski definition) is 7. The van der Waals surface area contributed by atoms with E-state index in [-0.39, 0.29) is 25.5 Å². The van der Waals surface area contributed by atoms with Gasteiger partial charge in [0.25, 0.3) is 0 Å². The second-order valence-corrected chi connectivity index (χ2v) is 4.12. The Hall–Kier alpha value is -1.55. The summed E-state index contributed by atoms with van der Waals surface area (Å²) in [6, 6.07) is 0. The molecule has 2 rings (SSSR count). The second-order valence-electron chi connectivity index (χ2n) is 4.12. The summed E-state index contributed by atoms with van der Waals surface area (Å²) in [7, 11) is 0. The number of anilines is 1. The quantitative estimate of drug-likeness (QED) is 0.485. The predicted octanol–water partition coefficient (Wildman–Crippen LogP) is -1.65. The maximum absolute atomic E-state index is 13.6. The van der Waals surface area contributed by atoms with Crippen LogP contribution in [0.4, 0.5) is 10.2 Å². The van der Waals surface area contributed by atoms with Gasteiger partial charge in [0.2, 0.25) is 0 Å². The molecule has 9 heteroatoms. The van der Waals surface area contributed by atoms with Crippen LogP contribution < -0.4 is 16.7 Å². The van der Waals surface area contributed by atoms with Gasteiger partial charge in [-0.2, -0.15) is 4.98 Å². The molecule has 0 radical (unpaired) electrons. The van der Waals surface area contributed by atoms with Crippen LogP contribution in [0, 0.1) is 5.82 Å². The number of aliphatic hydroxyl groups is 2. The maximum atomic E-state index is 13.6. The van der Waals surface area contributed by atoms with E-state index in [0.29, 0.717) is 0 Å². The molecule has 5 N–H and O–H groups in total. The fraction of sp³-hybridized carbons (Fsp3) is 0.600. The molecular formula is C10H15FN4O4. The maximum Gasteiger partial charge on any atom is 0.351 e. The summed E-state index contributed by atoms with van der Waals surface area (Å²) < 4.78 is 19.8. The van der Waals surface area contributed by atoms with E-state index in [9.17, 15) is 14.3 Å². The molecule has 0 saturated carbocycles. The van der Waals surface area contributed by atoms with E-state index >= 15 is 0 Å². The first-order valence-corrected chi connectivity index (χ1v) is 5.73. The highest BCUT2D eigenvalue weighted by molar-refractivity contribution is 5.33. The molecule has 1 aromatic heterocycles. The molecule has 19 heavy (non-hydrogen) atoms. The molecule has 0 aliphatic carbocycles. The minimum atomic E-state index is -0.910. The standard InChI is InChI=1S/C10H15FN4O4/c11-5-2-15(10(18)14-9(5)13-4-12)8-1-6(17)7(3-16)19-8/h2,6-8,16-17H,1,3-4,12H2,(H,13,14,18)/t6?,7-,8-/m1/s1. The van der Waals surface area contributed by atoms with Crippen LogP contribution in [0.15, 0.2) is 11.0 Å². The Morgan fingerprint density at radius 3 is 3.00 bits per heavy atom. The molecule has 1 aliphatic heterocycles. The topological polar surface area (TPSA) is 123 Å². The highest BCUT2D eigenvalue weighted by atomic mass is 19.1. The summed E-state index contributed by atoms with van der Waals surface area (Å²) in [5, 5.41) is 20.9. The van der Waals surface area contributed by atoms with Gasteiger partial charge in [0.1, 0.15) is 12.3 Å². The first-order chi connectivity index (χ1) is 9.06. The van der Waals surface area contributed by atoms with Gasteiger partial charge in [-0.1, -0.05) is 0 Å². The van der Waals surface area contributed by atoms with Gasteiger partial charge in [0.05, 0.1) is 25.6 Å². The van der Waals surface area contributed by atoms with E-state index in [1.54, 1.807) is 0 Å². The molecule has 2 heterocycles. The first-order valence-electron chi connectivity index (χ1n) is 5.73. The van der Waals surface area contributed by atoms with Crippen LogP contribution in [-0.2, 0) is 4.74 Å². The van der Waals surface area contributed by atoms with E-state index in [0.717, 1.165) is 10.8 Å². The summed E-state index contributed by atoms with van der Waals surface area (Å²) in [4.78, 5) is 15.2. The summed E-state index contributed by atoms with van der Waals surface area (Å²) in [6.07, 6.45) is -1.54. The number of rotatable bonds is 4. The Morgan fingerprint density at radius 2 is 2.42 bits per heavy atom. The third-order valence-corrected chi connectivity index (χ3v) is 2.87. The molecule has 1 aromatic rings. The second kappa shape index (κ2) is 5.61. The lowest BCUT2D eigenvalue weighted by Gasteiger charge is -2.15. The van der Waals surface area contributed by atoms with Crippen LogP contribution in [0.2, 0.25) is 0 Å². The van der Waals surface area contributed by atoms with Gasteiger partial charge >= 0.3 is 5.69 Å².